The van der Waals surface area contributed by atoms with E-state index in [4.69, 9.17) is 13.3 Å². The summed E-state index contributed by atoms with van der Waals surface area (Å²) in [7, 11) is 2.60. The molecule has 0 atom stereocenters. The van der Waals surface area contributed by atoms with Crippen molar-refractivity contribution in [3.8, 4) is 0 Å². The first-order valence-corrected chi connectivity index (χ1v) is 9.45. The zero-order valence-corrected chi connectivity index (χ0v) is 15.3. The first-order valence-electron chi connectivity index (χ1n) is 7.52. The van der Waals surface area contributed by atoms with Crippen molar-refractivity contribution in [2.24, 2.45) is 0 Å². The summed E-state index contributed by atoms with van der Waals surface area (Å²) in [6.45, 7) is 7.71. The third kappa shape index (κ3) is 5.51. The Labute approximate surface area is 130 Å². The second-order valence-electron chi connectivity index (χ2n) is 6.33. The van der Waals surface area contributed by atoms with E-state index in [2.05, 4.69) is 49.9 Å². The van der Waals surface area contributed by atoms with Gasteiger partial charge in [-0.15, -0.1) is 0 Å². The van der Waals surface area contributed by atoms with Crippen LogP contribution >= 0.6 is 0 Å². The Kier molecular flexibility index (Phi) is 7.00. The van der Waals surface area contributed by atoms with E-state index in [1.54, 1.807) is 21.3 Å². The van der Waals surface area contributed by atoms with E-state index >= 15 is 0 Å². The number of nitrogens with zero attached hydrogens (tertiary/aromatic N) is 1. The third-order valence-electron chi connectivity index (χ3n) is 3.84. The molecule has 1 aromatic heterocycles. The molecule has 4 nitrogen and oxygen atoms in total. The molecule has 5 heteroatoms. The van der Waals surface area contributed by atoms with Crippen molar-refractivity contribution in [3.63, 3.8) is 0 Å². The second kappa shape index (κ2) is 8.03. The largest absolute Gasteiger partial charge is 0.500 e. The van der Waals surface area contributed by atoms with Gasteiger partial charge in [0.2, 0.25) is 0 Å². The molecule has 0 aliphatic rings. The molecule has 0 radical (unpaired) electrons. The van der Waals surface area contributed by atoms with Crippen LogP contribution in [0.1, 0.15) is 39.2 Å². The lowest BCUT2D eigenvalue weighted by Gasteiger charge is -2.23. The van der Waals surface area contributed by atoms with Gasteiger partial charge >= 0.3 is 8.80 Å². The Morgan fingerprint density at radius 1 is 0.952 bits per heavy atom. The lowest BCUT2D eigenvalue weighted by molar-refractivity contribution is -0.697. The molecule has 0 aliphatic heterocycles. The van der Waals surface area contributed by atoms with Gasteiger partial charge in [-0.25, -0.2) is 4.57 Å². The number of hydrogen-bond acceptors (Lipinski definition) is 3. The average Bonchev–Trinajstić information content (AvgIpc) is 2.48. The minimum atomic E-state index is -2.40. The topological polar surface area (TPSA) is 31.6 Å². The van der Waals surface area contributed by atoms with Crippen molar-refractivity contribution < 1.29 is 17.8 Å². The maximum Gasteiger partial charge on any atom is 0.500 e. The molecule has 21 heavy (non-hydrogen) atoms. The summed E-state index contributed by atoms with van der Waals surface area (Å²) in [6, 6.07) is 5.27. The molecule has 0 aliphatic carbocycles. The molecule has 0 spiro atoms. The number of aromatic nitrogens is 1. The third-order valence-corrected chi connectivity index (χ3v) is 6.67. The van der Waals surface area contributed by atoms with Gasteiger partial charge in [-0.3, -0.25) is 0 Å². The molecule has 1 aromatic rings. The predicted octanol–water partition coefficient (Wildman–Crippen LogP) is 2.93. The Morgan fingerprint density at radius 3 is 1.90 bits per heavy atom. The Hall–Kier alpha value is -0.753. The Bertz CT molecular complexity index is 402. The van der Waals surface area contributed by atoms with Gasteiger partial charge in [-0.05, 0) is 17.4 Å². The van der Waals surface area contributed by atoms with Crippen molar-refractivity contribution in [2.75, 3.05) is 21.3 Å². The van der Waals surface area contributed by atoms with Crippen molar-refractivity contribution in [3.05, 3.63) is 30.1 Å². The van der Waals surface area contributed by atoms with E-state index in [1.807, 2.05) is 0 Å². The molecule has 1 rings (SSSR count). The van der Waals surface area contributed by atoms with Crippen LogP contribution in [0.15, 0.2) is 24.5 Å². The quantitative estimate of drug-likeness (QED) is 0.420. The molecule has 0 amide bonds. The van der Waals surface area contributed by atoms with Crippen molar-refractivity contribution >= 4 is 8.80 Å². The summed E-state index contributed by atoms with van der Waals surface area (Å²) in [5, 5.41) is 0. The average molecular weight is 313 g/mol. The number of pyridine rings is 1. The summed E-state index contributed by atoms with van der Waals surface area (Å²) in [4.78, 5) is 0. The van der Waals surface area contributed by atoms with Gasteiger partial charge in [-0.2, -0.15) is 0 Å². The van der Waals surface area contributed by atoms with Gasteiger partial charge in [0.1, 0.15) is 6.54 Å². The van der Waals surface area contributed by atoms with Gasteiger partial charge in [0.25, 0.3) is 0 Å². The molecule has 0 bridgehead atoms. The molecule has 120 valence electrons. The molecular formula is C16H30NO3Si+. The maximum atomic E-state index is 5.43. The van der Waals surface area contributed by atoms with E-state index in [9.17, 15) is 0 Å². The molecule has 0 saturated carbocycles. The normalized spacial score (nSPS) is 12.7. The summed E-state index contributed by atoms with van der Waals surface area (Å²) in [5.74, 6) is 0. The monoisotopic (exact) mass is 312 g/mol. The van der Waals surface area contributed by atoms with Crippen LogP contribution < -0.4 is 4.57 Å². The van der Waals surface area contributed by atoms with Crippen LogP contribution in [-0.4, -0.2) is 30.1 Å². The van der Waals surface area contributed by atoms with Crippen molar-refractivity contribution in [2.45, 2.75) is 51.6 Å². The van der Waals surface area contributed by atoms with Crippen LogP contribution in [0.4, 0.5) is 0 Å². The number of hydrogen-bond donors (Lipinski definition) is 0. The van der Waals surface area contributed by atoms with Crippen LogP contribution in [0.25, 0.3) is 0 Å². The summed E-state index contributed by atoms with van der Waals surface area (Å²) in [6.07, 6.45) is 6.45. The first-order chi connectivity index (χ1) is 9.87. The fourth-order valence-electron chi connectivity index (χ4n) is 2.30. The van der Waals surface area contributed by atoms with Crippen LogP contribution in [0.2, 0.25) is 6.04 Å². The molecule has 0 N–H and O–H groups in total. The van der Waals surface area contributed by atoms with Crippen LogP contribution in [-0.2, 0) is 25.2 Å². The number of aryl methyl sites for hydroxylation is 1. The lowest BCUT2D eigenvalue weighted by atomic mass is 9.88. The maximum absolute atomic E-state index is 5.43. The van der Waals surface area contributed by atoms with E-state index in [-0.39, 0.29) is 5.41 Å². The van der Waals surface area contributed by atoms with E-state index in [0.29, 0.717) is 0 Å². The van der Waals surface area contributed by atoms with E-state index in [0.717, 1.165) is 25.4 Å². The highest BCUT2D eigenvalue weighted by Gasteiger charge is 2.36. The fraction of sp³-hybridized carbons (Fsp3) is 0.688. The highest BCUT2D eigenvalue weighted by molar-refractivity contribution is 6.60. The van der Waals surface area contributed by atoms with Crippen molar-refractivity contribution in [1.82, 2.24) is 0 Å². The molecule has 1 heterocycles. The molecule has 0 saturated heterocycles. The van der Waals surface area contributed by atoms with Crippen molar-refractivity contribution in [1.29, 1.82) is 0 Å². The standard InChI is InChI=1S/C16H30NO3Si/c1-16(2,3)15-9-12-17(13-10-15)11-7-8-14-21(18-4,19-5)20-6/h9-10,12-13H,7-8,11,14H2,1-6H3/q+1. The summed E-state index contributed by atoms with van der Waals surface area (Å²) < 4.78 is 18.5. The van der Waals surface area contributed by atoms with Gasteiger partial charge in [0, 0.05) is 45.9 Å². The van der Waals surface area contributed by atoms with E-state index in [1.165, 1.54) is 5.56 Å². The highest BCUT2D eigenvalue weighted by atomic mass is 28.4. The van der Waals surface area contributed by atoms with Gasteiger partial charge in [0.05, 0.1) is 0 Å². The van der Waals surface area contributed by atoms with Gasteiger partial charge in [-0.1, -0.05) is 20.8 Å². The predicted molar refractivity (Wildman–Crippen MR) is 86.2 cm³/mol. The minimum absolute atomic E-state index is 0.208. The molecule has 0 fully saturated rings. The van der Waals surface area contributed by atoms with E-state index < -0.39 is 8.80 Å². The first kappa shape index (κ1) is 18.3. The zero-order chi connectivity index (χ0) is 15.9. The summed E-state index contributed by atoms with van der Waals surface area (Å²) in [5.41, 5.74) is 1.57. The molecule has 0 aromatic carbocycles. The molecular weight excluding hydrogens is 282 g/mol. The summed E-state index contributed by atoms with van der Waals surface area (Å²) >= 11 is 0. The van der Waals surface area contributed by atoms with Crippen LogP contribution in [0.5, 0.6) is 0 Å². The fourth-order valence-corrected chi connectivity index (χ4v) is 4.09. The zero-order valence-electron chi connectivity index (χ0n) is 14.3. The van der Waals surface area contributed by atoms with Crippen LogP contribution in [0.3, 0.4) is 0 Å². The molecule has 0 unspecified atom stereocenters. The van der Waals surface area contributed by atoms with Crippen LogP contribution in [0, 0.1) is 0 Å². The SMILES string of the molecule is CO[Si](CCCC[n+]1ccc(C(C)(C)C)cc1)(OC)OC. The second-order valence-corrected chi connectivity index (χ2v) is 9.42. The smallest absolute Gasteiger partial charge is 0.377 e. The van der Waals surface area contributed by atoms with Gasteiger partial charge < -0.3 is 13.3 Å². The highest BCUT2D eigenvalue weighted by Crippen LogP contribution is 2.20. The number of unbranched alkanes of at least 4 members (excludes halogenated alkanes) is 1. The Balaban J connectivity index is 2.43. The lowest BCUT2D eigenvalue weighted by Crippen LogP contribution is -2.42. The minimum Gasteiger partial charge on any atom is -0.377 e. The number of rotatable bonds is 8. The Morgan fingerprint density at radius 2 is 1.48 bits per heavy atom. The van der Waals surface area contributed by atoms with Gasteiger partial charge in [0.15, 0.2) is 12.4 Å².